The molecule has 98 valence electrons. The number of carbonyl (C=O) groups excluding carboxylic acids is 1. The number of hydrogen-bond acceptors (Lipinski definition) is 3. The van der Waals surface area contributed by atoms with Gasteiger partial charge >= 0.3 is 0 Å². The molecule has 1 saturated heterocycles. The van der Waals surface area contributed by atoms with E-state index in [0.717, 1.165) is 6.54 Å². The Bertz CT molecular complexity index is 259. The van der Waals surface area contributed by atoms with Gasteiger partial charge in [-0.3, -0.25) is 9.69 Å². The molecule has 4 heteroatoms. The Morgan fingerprint density at radius 2 is 2.06 bits per heavy atom. The molecule has 0 radical (unpaired) electrons. The molecule has 0 aromatic rings. The highest BCUT2D eigenvalue weighted by atomic mass is 16.2. The van der Waals surface area contributed by atoms with Crippen LogP contribution in [0.5, 0.6) is 0 Å². The molecule has 4 nitrogen and oxygen atoms in total. The van der Waals surface area contributed by atoms with E-state index in [1.165, 1.54) is 38.8 Å². The Balaban J connectivity index is 1.59. The van der Waals surface area contributed by atoms with Crippen LogP contribution in [0.2, 0.25) is 0 Å². The smallest absolute Gasteiger partial charge is 0.236 e. The van der Waals surface area contributed by atoms with Crippen molar-refractivity contribution in [3.63, 3.8) is 0 Å². The zero-order chi connectivity index (χ0) is 12.3. The van der Waals surface area contributed by atoms with Crippen LogP contribution >= 0.6 is 0 Å². The molecule has 1 heterocycles. The zero-order valence-corrected chi connectivity index (χ0v) is 11.1. The van der Waals surface area contributed by atoms with E-state index in [4.69, 9.17) is 0 Å². The van der Waals surface area contributed by atoms with E-state index in [0.29, 0.717) is 18.6 Å². The van der Waals surface area contributed by atoms with Crippen LogP contribution in [0.3, 0.4) is 0 Å². The Hall–Kier alpha value is -0.610. The maximum absolute atomic E-state index is 11.8. The molecule has 1 N–H and O–H groups in total. The van der Waals surface area contributed by atoms with E-state index in [9.17, 15) is 4.79 Å². The van der Waals surface area contributed by atoms with Crippen molar-refractivity contribution < 1.29 is 4.79 Å². The maximum atomic E-state index is 11.8. The molecule has 2 fully saturated rings. The number of likely N-dealkylation sites (N-methyl/N-ethyl adjacent to an activating group) is 1. The molecule has 1 amide bonds. The minimum absolute atomic E-state index is 0.237. The summed E-state index contributed by atoms with van der Waals surface area (Å²) in [5, 5.41) is 3.29. The van der Waals surface area contributed by atoms with Gasteiger partial charge in [0.05, 0.1) is 6.54 Å². The van der Waals surface area contributed by atoms with Gasteiger partial charge in [0.2, 0.25) is 5.91 Å². The van der Waals surface area contributed by atoms with Gasteiger partial charge < -0.3 is 10.2 Å². The number of carbonyl (C=O) groups is 1. The largest absolute Gasteiger partial charge is 0.342 e. The molecule has 1 atom stereocenters. The van der Waals surface area contributed by atoms with Gasteiger partial charge in [-0.25, -0.2) is 0 Å². The maximum Gasteiger partial charge on any atom is 0.236 e. The highest BCUT2D eigenvalue weighted by Crippen LogP contribution is 2.25. The quantitative estimate of drug-likeness (QED) is 0.740. The third-order valence-corrected chi connectivity index (χ3v) is 3.97. The van der Waals surface area contributed by atoms with E-state index in [1.54, 1.807) is 0 Å². The molecule has 2 rings (SSSR count). The van der Waals surface area contributed by atoms with E-state index in [2.05, 4.69) is 17.1 Å². The molecular formula is C13H25N3O. The summed E-state index contributed by atoms with van der Waals surface area (Å²) in [6, 6.07) is 1.08. The first-order valence-electron chi connectivity index (χ1n) is 6.89. The van der Waals surface area contributed by atoms with E-state index in [1.807, 2.05) is 11.9 Å². The van der Waals surface area contributed by atoms with Crippen LogP contribution in [0.4, 0.5) is 0 Å². The van der Waals surface area contributed by atoms with E-state index < -0.39 is 0 Å². The molecule has 17 heavy (non-hydrogen) atoms. The number of rotatable bonds is 6. The third-order valence-electron chi connectivity index (χ3n) is 3.97. The van der Waals surface area contributed by atoms with Gasteiger partial charge in [0, 0.05) is 25.7 Å². The molecule has 1 aliphatic heterocycles. The van der Waals surface area contributed by atoms with Crippen LogP contribution in [0.15, 0.2) is 0 Å². The van der Waals surface area contributed by atoms with Gasteiger partial charge in [-0.05, 0) is 45.7 Å². The normalized spacial score (nSPS) is 22.7. The Morgan fingerprint density at radius 1 is 1.41 bits per heavy atom. The Labute approximate surface area is 104 Å². The van der Waals surface area contributed by atoms with Crippen LogP contribution in [-0.4, -0.2) is 61.0 Å². The summed E-state index contributed by atoms with van der Waals surface area (Å²) in [6.45, 7) is 6.10. The lowest BCUT2D eigenvalue weighted by Gasteiger charge is -2.24. The predicted octanol–water partition coefficient (Wildman–Crippen LogP) is 0.681. The molecule has 0 aromatic carbocycles. The van der Waals surface area contributed by atoms with Crippen molar-refractivity contribution in [2.24, 2.45) is 0 Å². The summed E-state index contributed by atoms with van der Waals surface area (Å²) in [7, 11) is 1.92. The number of hydrogen-bond donors (Lipinski definition) is 1. The van der Waals surface area contributed by atoms with Gasteiger partial charge in [0.25, 0.3) is 0 Å². The van der Waals surface area contributed by atoms with Crippen LogP contribution in [-0.2, 0) is 4.79 Å². The standard InChI is InChI=1S/C13H25N3O/c1-11(16-7-3-4-8-16)9-14-10-13(17)15(2)12-5-6-12/h11-12,14H,3-10H2,1-2H3. The number of nitrogens with one attached hydrogen (secondary N) is 1. The van der Waals surface area contributed by atoms with Crippen molar-refractivity contribution >= 4 is 5.91 Å². The minimum Gasteiger partial charge on any atom is -0.342 e. The molecule has 2 aliphatic rings. The Kier molecular flexibility index (Phi) is 4.40. The Morgan fingerprint density at radius 3 is 2.65 bits per heavy atom. The topological polar surface area (TPSA) is 35.6 Å². The lowest BCUT2D eigenvalue weighted by atomic mass is 10.3. The summed E-state index contributed by atoms with van der Waals surface area (Å²) in [4.78, 5) is 16.2. The second-order valence-electron chi connectivity index (χ2n) is 5.46. The van der Waals surface area contributed by atoms with Crippen LogP contribution in [0.25, 0.3) is 0 Å². The van der Waals surface area contributed by atoms with Crippen molar-refractivity contribution in [1.29, 1.82) is 0 Å². The minimum atomic E-state index is 0.237. The third kappa shape index (κ3) is 3.68. The molecule has 0 aromatic heterocycles. The second kappa shape index (κ2) is 5.83. The summed E-state index contributed by atoms with van der Waals surface area (Å²) in [5.41, 5.74) is 0. The summed E-state index contributed by atoms with van der Waals surface area (Å²) < 4.78 is 0. The molecule has 0 bridgehead atoms. The fraction of sp³-hybridized carbons (Fsp3) is 0.923. The first kappa shape index (κ1) is 12.8. The molecule has 0 spiro atoms. The predicted molar refractivity (Wildman–Crippen MR) is 68.9 cm³/mol. The van der Waals surface area contributed by atoms with E-state index in [-0.39, 0.29) is 5.91 Å². The lowest BCUT2D eigenvalue weighted by Crippen LogP contribution is -2.43. The van der Waals surface area contributed by atoms with Gasteiger partial charge in [-0.1, -0.05) is 0 Å². The van der Waals surface area contributed by atoms with Crippen molar-refractivity contribution in [3.8, 4) is 0 Å². The van der Waals surface area contributed by atoms with Crippen LogP contribution in [0, 0.1) is 0 Å². The van der Waals surface area contributed by atoms with E-state index >= 15 is 0 Å². The molecule has 1 unspecified atom stereocenters. The molecule has 1 aliphatic carbocycles. The highest BCUT2D eigenvalue weighted by molar-refractivity contribution is 5.78. The highest BCUT2D eigenvalue weighted by Gasteiger charge is 2.29. The molecular weight excluding hydrogens is 214 g/mol. The average molecular weight is 239 g/mol. The van der Waals surface area contributed by atoms with Crippen molar-refractivity contribution in [2.75, 3.05) is 33.2 Å². The molecule has 1 saturated carbocycles. The number of nitrogens with zero attached hydrogens (tertiary/aromatic N) is 2. The fourth-order valence-electron chi connectivity index (χ4n) is 2.49. The fourth-order valence-corrected chi connectivity index (χ4v) is 2.49. The van der Waals surface area contributed by atoms with Crippen molar-refractivity contribution in [2.45, 2.75) is 44.7 Å². The van der Waals surface area contributed by atoms with Crippen LogP contribution < -0.4 is 5.32 Å². The summed E-state index contributed by atoms with van der Waals surface area (Å²) >= 11 is 0. The van der Waals surface area contributed by atoms with Gasteiger partial charge in [-0.15, -0.1) is 0 Å². The van der Waals surface area contributed by atoms with Gasteiger partial charge in [0.1, 0.15) is 0 Å². The van der Waals surface area contributed by atoms with Gasteiger partial charge in [-0.2, -0.15) is 0 Å². The lowest BCUT2D eigenvalue weighted by molar-refractivity contribution is -0.129. The SMILES string of the molecule is CC(CNCC(=O)N(C)C1CC1)N1CCCC1. The summed E-state index contributed by atoms with van der Waals surface area (Å²) in [6.07, 6.45) is 5.03. The first-order valence-corrected chi connectivity index (χ1v) is 6.89. The first-order chi connectivity index (χ1) is 8.18. The van der Waals surface area contributed by atoms with Crippen LogP contribution in [0.1, 0.15) is 32.6 Å². The van der Waals surface area contributed by atoms with Crippen molar-refractivity contribution in [1.82, 2.24) is 15.1 Å². The van der Waals surface area contributed by atoms with Gasteiger partial charge in [0.15, 0.2) is 0 Å². The number of likely N-dealkylation sites (tertiary alicyclic amines) is 1. The second-order valence-corrected chi connectivity index (χ2v) is 5.46. The number of amides is 1. The zero-order valence-electron chi connectivity index (χ0n) is 11.1. The summed E-state index contributed by atoms with van der Waals surface area (Å²) in [5.74, 6) is 0.237. The van der Waals surface area contributed by atoms with Crippen molar-refractivity contribution in [3.05, 3.63) is 0 Å². The average Bonchev–Trinajstić information content (AvgIpc) is 3.02. The monoisotopic (exact) mass is 239 g/mol.